The molecule has 0 radical (unpaired) electrons. The van der Waals surface area contributed by atoms with Crippen LogP contribution in [-0.4, -0.2) is 49.5 Å². The van der Waals surface area contributed by atoms with Gasteiger partial charge < -0.3 is 20.3 Å². The standard InChI is InChI=1S/C24H30BrN3O3/c1-18-11-15-28(16-12-18)14-4-13-26-24(30)21-5-2-3-6-22(21)31-17-23(29)27-20-9-7-19(25)8-10-20/h2-3,5-10,18H,4,11-17H2,1H3,(H,26,30)(H,27,29). The molecular formula is C24H30BrN3O3. The van der Waals surface area contributed by atoms with Crippen LogP contribution in [-0.2, 0) is 4.79 Å². The molecule has 0 aromatic heterocycles. The van der Waals surface area contributed by atoms with Crippen LogP contribution in [0.15, 0.2) is 53.0 Å². The summed E-state index contributed by atoms with van der Waals surface area (Å²) in [7, 11) is 0. The Morgan fingerprint density at radius 3 is 2.55 bits per heavy atom. The first-order valence-electron chi connectivity index (χ1n) is 10.8. The van der Waals surface area contributed by atoms with E-state index in [1.165, 1.54) is 12.8 Å². The molecule has 1 fully saturated rings. The number of benzene rings is 2. The number of hydrogen-bond donors (Lipinski definition) is 2. The first-order chi connectivity index (χ1) is 15.0. The second kappa shape index (κ2) is 11.9. The lowest BCUT2D eigenvalue weighted by Gasteiger charge is -2.30. The highest BCUT2D eigenvalue weighted by Gasteiger charge is 2.16. The van der Waals surface area contributed by atoms with Crippen molar-refractivity contribution in [1.29, 1.82) is 0 Å². The van der Waals surface area contributed by atoms with Crippen molar-refractivity contribution in [2.45, 2.75) is 26.2 Å². The number of carbonyl (C=O) groups is 2. The van der Waals surface area contributed by atoms with Crippen LogP contribution >= 0.6 is 15.9 Å². The summed E-state index contributed by atoms with van der Waals surface area (Å²) in [6.07, 6.45) is 3.43. The van der Waals surface area contributed by atoms with E-state index in [4.69, 9.17) is 4.74 Å². The van der Waals surface area contributed by atoms with Gasteiger partial charge in [-0.25, -0.2) is 0 Å². The number of para-hydroxylation sites is 1. The summed E-state index contributed by atoms with van der Waals surface area (Å²) in [4.78, 5) is 27.3. The maximum Gasteiger partial charge on any atom is 0.262 e. The van der Waals surface area contributed by atoms with Crippen molar-refractivity contribution in [3.05, 3.63) is 58.6 Å². The number of carbonyl (C=O) groups excluding carboxylic acids is 2. The summed E-state index contributed by atoms with van der Waals surface area (Å²) >= 11 is 3.36. The predicted molar refractivity (Wildman–Crippen MR) is 126 cm³/mol. The molecule has 2 amide bonds. The number of piperidine rings is 1. The molecule has 2 aromatic rings. The molecule has 0 aliphatic carbocycles. The lowest BCUT2D eigenvalue weighted by atomic mass is 9.99. The monoisotopic (exact) mass is 487 g/mol. The molecule has 0 saturated carbocycles. The molecule has 3 rings (SSSR count). The molecule has 0 unspecified atom stereocenters. The highest BCUT2D eigenvalue weighted by atomic mass is 79.9. The van der Waals surface area contributed by atoms with Crippen LogP contribution < -0.4 is 15.4 Å². The number of hydrogen-bond acceptors (Lipinski definition) is 4. The van der Waals surface area contributed by atoms with Crippen LogP contribution in [0, 0.1) is 5.92 Å². The minimum Gasteiger partial charge on any atom is -0.483 e. The van der Waals surface area contributed by atoms with Crippen molar-refractivity contribution in [3.8, 4) is 5.75 Å². The number of nitrogens with zero attached hydrogens (tertiary/aromatic N) is 1. The van der Waals surface area contributed by atoms with Crippen molar-refractivity contribution in [1.82, 2.24) is 10.2 Å². The van der Waals surface area contributed by atoms with Crippen LogP contribution in [0.5, 0.6) is 5.75 Å². The van der Waals surface area contributed by atoms with Gasteiger partial charge in [0.15, 0.2) is 6.61 Å². The fourth-order valence-electron chi connectivity index (χ4n) is 3.54. The highest BCUT2D eigenvalue weighted by Crippen LogP contribution is 2.19. The zero-order valence-electron chi connectivity index (χ0n) is 17.9. The van der Waals surface area contributed by atoms with Crippen molar-refractivity contribution in [2.24, 2.45) is 5.92 Å². The second-order valence-electron chi connectivity index (χ2n) is 7.97. The number of likely N-dealkylation sites (tertiary alicyclic amines) is 1. The van der Waals surface area contributed by atoms with Crippen molar-refractivity contribution >= 4 is 33.4 Å². The fraction of sp³-hybridized carbons (Fsp3) is 0.417. The Hall–Kier alpha value is -2.38. The molecule has 1 aliphatic rings. The first-order valence-corrected chi connectivity index (χ1v) is 11.6. The maximum absolute atomic E-state index is 12.6. The van der Waals surface area contributed by atoms with Gasteiger partial charge in [0.2, 0.25) is 0 Å². The Labute approximate surface area is 192 Å². The van der Waals surface area contributed by atoms with Gasteiger partial charge in [0.25, 0.3) is 11.8 Å². The Balaban J connectivity index is 1.43. The van der Waals surface area contributed by atoms with E-state index in [1.54, 1.807) is 36.4 Å². The van der Waals surface area contributed by atoms with E-state index in [0.29, 0.717) is 23.5 Å². The van der Waals surface area contributed by atoms with Gasteiger partial charge in [-0.05, 0) is 81.2 Å². The SMILES string of the molecule is CC1CCN(CCCNC(=O)c2ccccc2OCC(=O)Nc2ccc(Br)cc2)CC1. The number of rotatable bonds is 9. The summed E-state index contributed by atoms with van der Waals surface area (Å²) < 4.78 is 6.57. The minimum absolute atomic E-state index is 0.173. The topological polar surface area (TPSA) is 70.7 Å². The molecule has 31 heavy (non-hydrogen) atoms. The molecule has 0 spiro atoms. The van der Waals surface area contributed by atoms with Gasteiger partial charge in [-0.1, -0.05) is 35.0 Å². The zero-order valence-corrected chi connectivity index (χ0v) is 19.5. The molecule has 2 aromatic carbocycles. The number of ether oxygens (including phenoxy) is 1. The highest BCUT2D eigenvalue weighted by molar-refractivity contribution is 9.10. The minimum atomic E-state index is -0.284. The van der Waals surface area contributed by atoms with Crippen LogP contribution in [0.2, 0.25) is 0 Å². The third-order valence-corrected chi connectivity index (χ3v) is 5.96. The van der Waals surface area contributed by atoms with Crippen molar-refractivity contribution in [2.75, 3.05) is 38.1 Å². The molecule has 1 heterocycles. The molecule has 1 aliphatic heterocycles. The summed E-state index contributed by atoms with van der Waals surface area (Å²) in [5, 5.41) is 5.74. The molecular weight excluding hydrogens is 458 g/mol. The van der Waals surface area contributed by atoms with E-state index in [2.05, 4.69) is 38.4 Å². The van der Waals surface area contributed by atoms with E-state index in [9.17, 15) is 9.59 Å². The second-order valence-corrected chi connectivity index (χ2v) is 8.89. The normalized spacial score (nSPS) is 14.8. The summed E-state index contributed by atoms with van der Waals surface area (Å²) in [6.45, 7) is 6.04. The van der Waals surface area contributed by atoms with Gasteiger partial charge in [0, 0.05) is 16.7 Å². The lowest BCUT2D eigenvalue weighted by Crippen LogP contribution is -2.35. The van der Waals surface area contributed by atoms with Crippen LogP contribution in [0.1, 0.15) is 36.5 Å². The quantitative estimate of drug-likeness (QED) is 0.516. The number of amides is 2. The third-order valence-electron chi connectivity index (χ3n) is 5.43. The average molecular weight is 488 g/mol. The molecule has 0 atom stereocenters. The Kier molecular flexibility index (Phi) is 8.91. The lowest BCUT2D eigenvalue weighted by molar-refractivity contribution is -0.118. The largest absolute Gasteiger partial charge is 0.483 e. The third kappa shape index (κ3) is 7.67. The maximum atomic E-state index is 12.6. The summed E-state index contributed by atoms with van der Waals surface area (Å²) in [5.74, 6) is 0.755. The fourth-order valence-corrected chi connectivity index (χ4v) is 3.80. The van der Waals surface area contributed by atoms with E-state index < -0.39 is 0 Å². The van der Waals surface area contributed by atoms with Gasteiger partial charge >= 0.3 is 0 Å². The smallest absolute Gasteiger partial charge is 0.262 e. The Morgan fingerprint density at radius 2 is 1.81 bits per heavy atom. The van der Waals surface area contributed by atoms with E-state index in [0.717, 1.165) is 36.4 Å². The van der Waals surface area contributed by atoms with Crippen molar-refractivity contribution < 1.29 is 14.3 Å². The number of anilines is 1. The van der Waals surface area contributed by atoms with Crippen LogP contribution in [0.3, 0.4) is 0 Å². The van der Waals surface area contributed by atoms with Gasteiger partial charge in [0.1, 0.15) is 5.75 Å². The molecule has 0 bridgehead atoms. The predicted octanol–water partition coefficient (Wildman–Crippen LogP) is 4.32. The average Bonchev–Trinajstić information content (AvgIpc) is 2.78. The van der Waals surface area contributed by atoms with Crippen LogP contribution in [0.25, 0.3) is 0 Å². The molecule has 2 N–H and O–H groups in total. The van der Waals surface area contributed by atoms with Crippen molar-refractivity contribution in [3.63, 3.8) is 0 Å². The summed E-state index contributed by atoms with van der Waals surface area (Å²) in [5.41, 5.74) is 1.12. The van der Waals surface area contributed by atoms with Gasteiger partial charge in [-0.15, -0.1) is 0 Å². The summed E-state index contributed by atoms with van der Waals surface area (Å²) in [6, 6.07) is 14.3. The molecule has 166 valence electrons. The molecule has 6 nitrogen and oxygen atoms in total. The van der Waals surface area contributed by atoms with E-state index in [-0.39, 0.29) is 18.4 Å². The molecule has 7 heteroatoms. The van der Waals surface area contributed by atoms with E-state index >= 15 is 0 Å². The zero-order chi connectivity index (χ0) is 22.1. The van der Waals surface area contributed by atoms with Crippen LogP contribution in [0.4, 0.5) is 5.69 Å². The van der Waals surface area contributed by atoms with Gasteiger partial charge in [0.05, 0.1) is 5.56 Å². The Bertz CT molecular complexity index is 865. The first kappa shape index (κ1) is 23.3. The van der Waals surface area contributed by atoms with E-state index in [1.807, 2.05) is 12.1 Å². The van der Waals surface area contributed by atoms with Gasteiger partial charge in [-0.2, -0.15) is 0 Å². The Morgan fingerprint density at radius 1 is 1.10 bits per heavy atom. The number of nitrogens with one attached hydrogen (secondary N) is 2. The van der Waals surface area contributed by atoms with Gasteiger partial charge in [-0.3, -0.25) is 9.59 Å². The number of halogens is 1. The molecule has 1 saturated heterocycles.